The molecule has 1 saturated carbocycles. The van der Waals surface area contributed by atoms with E-state index in [-0.39, 0.29) is 31.4 Å². The van der Waals surface area contributed by atoms with Crippen LogP contribution in [0.3, 0.4) is 0 Å². The van der Waals surface area contributed by atoms with Crippen molar-refractivity contribution in [1.82, 2.24) is 10.2 Å². The zero-order chi connectivity index (χ0) is 16.5. The summed E-state index contributed by atoms with van der Waals surface area (Å²) in [6, 6.07) is 10.1. The molecule has 1 amide bonds. The van der Waals surface area contributed by atoms with Crippen LogP contribution in [0.25, 0.3) is 0 Å². The van der Waals surface area contributed by atoms with E-state index in [1.54, 1.807) is 0 Å². The SMILES string of the molecule is CCN(CCO)[C@H]1CCCC[C@@H]1NC(=O)OCc1ccccc1. The molecule has 2 rings (SSSR count). The third kappa shape index (κ3) is 5.52. The molecule has 1 aliphatic carbocycles. The second-order valence-electron chi connectivity index (χ2n) is 6.02. The number of nitrogens with zero attached hydrogens (tertiary/aromatic N) is 1. The van der Waals surface area contributed by atoms with E-state index in [1.807, 2.05) is 30.3 Å². The minimum atomic E-state index is -0.356. The maximum atomic E-state index is 12.1. The first-order chi connectivity index (χ1) is 11.2. The summed E-state index contributed by atoms with van der Waals surface area (Å²) in [5.74, 6) is 0. The number of carbonyl (C=O) groups excluding carboxylic acids is 1. The molecule has 0 unspecified atom stereocenters. The molecule has 0 heterocycles. The van der Waals surface area contributed by atoms with Gasteiger partial charge in [-0.05, 0) is 24.9 Å². The van der Waals surface area contributed by atoms with E-state index in [9.17, 15) is 9.90 Å². The summed E-state index contributed by atoms with van der Waals surface area (Å²) in [5, 5.41) is 12.3. The fourth-order valence-corrected chi connectivity index (χ4v) is 3.32. The van der Waals surface area contributed by atoms with E-state index >= 15 is 0 Å². The first kappa shape index (κ1) is 17.8. The molecule has 0 bridgehead atoms. The van der Waals surface area contributed by atoms with Crippen LogP contribution in [0, 0.1) is 0 Å². The highest BCUT2D eigenvalue weighted by atomic mass is 16.5. The summed E-state index contributed by atoms with van der Waals surface area (Å²) in [7, 11) is 0. The Labute approximate surface area is 138 Å². The van der Waals surface area contributed by atoms with E-state index in [1.165, 1.54) is 6.42 Å². The first-order valence-electron chi connectivity index (χ1n) is 8.56. The van der Waals surface area contributed by atoms with Crippen molar-refractivity contribution < 1.29 is 14.6 Å². The molecule has 5 heteroatoms. The zero-order valence-electron chi connectivity index (χ0n) is 13.9. The Balaban J connectivity index is 1.86. The molecule has 0 radical (unpaired) electrons. The van der Waals surface area contributed by atoms with Gasteiger partial charge in [0.05, 0.1) is 6.61 Å². The number of benzene rings is 1. The van der Waals surface area contributed by atoms with E-state index < -0.39 is 0 Å². The smallest absolute Gasteiger partial charge is 0.407 e. The Kier molecular flexibility index (Phi) is 7.36. The summed E-state index contributed by atoms with van der Waals surface area (Å²) >= 11 is 0. The standard InChI is InChI=1S/C18H28N2O3/c1-2-20(12-13-21)17-11-7-6-10-16(17)19-18(22)23-14-15-8-4-3-5-9-15/h3-5,8-9,16-17,21H,2,6-7,10-14H2,1H3,(H,19,22)/t16-,17-/m0/s1. The van der Waals surface area contributed by atoms with Crippen LogP contribution in [-0.4, -0.2) is 47.9 Å². The summed E-state index contributed by atoms with van der Waals surface area (Å²) in [5.41, 5.74) is 0.985. The van der Waals surface area contributed by atoms with Crippen molar-refractivity contribution in [3.05, 3.63) is 35.9 Å². The van der Waals surface area contributed by atoms with Gasteiger partial charge in [0.25, 0.3) is 0 Å². The normalized spacial score (nSPS) is 21.2. The molecule has 1 fully saturated rings. The van der Waals surface area contributed by atoms with Gasteiger partial charge in [-0.25, -0.2) is 4.79 Å². The lowest BCUT2D eigenvalue weighted by atomic mass is 9.89. The van der Waals surface area contributed by atoms with Crippen molar-refractivity contribution in [1.29, 1.82) is 0 Å². The van der Waals surface area contributed by atoms with Gasteiger partial charge < -0.3 is 15.2 Å². The second kappa shape index (κ2) is 9.53. The molecular formula is C18H28N2O3. The lowest BCUT2D eigenvalue weighted by molar-refractivity contribution is 0.0905. The predicted molar refractivity (Wildman–Crippen MR) is 90.1 cm³/mol. The van der Waals surface area contributed by atoms with Gasteiger partial charge in [0.1, 0.15) is 6.61 Å². The second-order valence-corrected chi connectivity index (χ2v) is 6.02. The van der Waals surface area contributed by atoms with Gasteiger partial charge in [0, 0.05) is 18.6 Å². The zero-order valence-corrected chi connectivity index (χ0v) is 13.9. The molecule has 1 aromatic carbocycles. The van der Waals surface area contributed by atoms with Crippen LogP contribution >= 0.6 is 0 Å². The van der Waals surface area contributed by atoms with Crippen molar-refractivity contribution in [2.45, 2.75) is 51.3 Å². The van der Waals surface area contributed by atoms with Crippen molar-refractivity contribution in [2.75, 3.05) is 19.7 Å². The van der Waals surface area contributed by atoms with Crippen molar-refractivity contribution in [3.63, 3.8) is 0 Å². The Hall–Kier alpha value is -1.59. The van der Waals surface area contributed by atoms with Gasteiger partial charge in [-0.1, -0.05) is 50.1 Å². The highest BCUT2D eigenvalue weighted by molar-refractivity contribution is 5.67. The van der Waals surface area contributed by atoms with Gasteiger partial charge in [0.2, 0.25) is 0 Å². The van der Waals surface area contributed by atoms with Crippen molar-refractivity contribution in [2.24, 2.45) is 0 Å². The Morgan fingerprint density at radius 3 is 2.74 bits per heavy atom. The van der Waals surface area contributed by atoms with Crippen LogP contribution in [0.2, 0.25) is 0 Å². The maximum Gasteiger partial charge on any atom is 0.407 e. The number of likely N-dealkylation sites (N-methyl/N-ethyl adjacent to an activating group) is 1. The molecule has 128 valence electrons. The third-order valence-electron chi connectivity index (χ3n) is 4.51. The van der Waals surface area contributed by atoms with E-state index in [2.05, 4.69) is 17.1 Å². The molecule has 5 nitrogen and oxygen atoms in total. The van der Waals surface area contributed by atoms with Crippen LogP contribution in [-0.2, 0) is 11.3 Å². The third-order valence-corrected chi connectivity index (χ3v) is 4.51. The largest absolute Gasteiger partial charge is 0.445 e. The van der Waals surface area contributed by atoms with Crippen LogP contribution in [0.1, 0.15) is 38.2 Å². The average molecular weight is 320 g/mol. The molecule has 0 aliphatic heterocycles. The highest BCUT2D eigenvalue weighted by Crippen LogP contribution is 2.23. The number of aliphatic hydroxyl groups excluding tert-OH is 1. The van der Waals surface area contributed by atoms with E-state index in [4.69, 9.17) is 4.74 Å². The highest BCUT2D eigenvalue weighted by Gasteiger charge is 2.30. The lowest BCUT2D eigenvalue weighted by Crippen LogP contribution is -2.54. The number of ether oxygens (including phenoxy) is 1. The number of nitrogens with one attached hydrogen (secondary N) is 1. The van der Waals surface area contributed by atoms with Gasteiger partial charge in [-0.2, -0.15) is 0 Å². The molecule has 1 aliphatic rings. The van der Waals surface area contributed by atoms with Crippen LogP contribution in [0.15, 0.2) is 30.3 Å². The number of carbonyl (C=O) groups is 1. The molecule has 23 heavy (non-hydrogen) atoms. The number of amides is 1. The molecule has 0 saturated heterocycles. The van der Waals surface area contributed by atoms with E-state index in [0.717, 1.165) is 31.4 Å². The molecule has 0 aromatic heterocycles. The van der Waals surface area contributed by atoms with Gasteiger partial charge in [0.15, 0.2) is 0 Å². The fraction of sp³-hybridized carbons (Fsp3) is 0.611. The molecular weight excluding hydrogens is 292 g/mol. The minimum absolute atomic E-state index is 0.0959. The molecule has 2 atom stereocenters. The van der Waals surface area contributed by atoms with Gasteiger partial charge >= 0.3 is 6.09 Å². The van der Waals surface area contributed by atoms with Gasteiger partial charge in [-0.15, -0.1) is 0 Å². The van der Waals surface area contributed by atoms with Crippen LogP contribution < -0.4 is 5.32 Å². The minimum Gasteiger partial charge on any atom is -0.445 e. The summed E-state index contributed by atoms with van der Waals surface area (Å²) in [4.78, 5) is 14.3. The number of alkyl carbamates (subject to hydrolysis) is 1. The average Bonchev–Trinajstić information content (AvgIpc) is 2.59. The fourth-order valence-electron chi connectivity index (χ4n) is 3.32. The Morgan fingerprint density at radius 1 is 1.30 bits per heavy atom. The Bertz CT molecular complexity index is 467. The number of aliphatic hydroxyl groups is 1. The maximum absolute atomic E-state index is 12.1. The number of hydrogen-bond acceptors (Lipinski definition) is 4. The molecule has 1 aromatic rings. The monoisotopic (exact) mass is 320 g/mol. The van der Waals surface area contributed by atoms with Crippen molar-refractivity contribution >= 4 is 6.09 Å². The molecule has 0 spiro atoms. The summed E-state index contributed by atoms with van der Waals surface area (Å²) in [6.45, 7) is 4.06. The lowest BCUT2D eigenvalue weighted by Gasteiger charge is -2.39. The van der Waals surface area contributed by atoms with E-state index in [0.29, 0.717) is 6.54 Å². The summed E-state index contributed by atoms with van der Waals surface area (Å²) in [6.07, 6.45) is 3.95. The van der Waals surface area contributed by atoms with Gasteiger partial charge in [-0.3, -0.25) is 4.90 Å². The quantitative estimate of drug-likeness (QED) is 0.810. The Morgan fingerprint density at radius 2 is 2.04 bits per heavy atom. The number of hydrogen-bond donors (Lipinski definition) is 2. The van der Waals surface area contributed by atoms with Crippen molar-refractivity contribution in [3.8, 4) is 0 Å². The van der Waals surface area contributed by atoms with Crippen LogP contribution in [0.5, 0.6) is 0 Å². The number of rotatable bonds is 7. The topological polar surface area (TPSA) is 61.8 Å². The summed E-state index contributed by atoms with van der Waals surface area (Å²) < 4.78 is 5.33. The first-order valence-corrected chi connectivity index (χ1v) is 8.56. The molecule has 2 N–H and O–H groups in total. The predicted octanol–water partition coefficient (Wildman–Crippen LogP) is 2.54. The van der Waals surface area contributed by atoms with Crippen LogP contribution in [0.4, 0.5) is 4.79 Å².